The Morgan fingerprint density at radius 1 is 1.32 bits per heavy atom. The fourth-order valence-electron chi connectivity index (χ4n) is 1.83. The number of hydrogen-bond donors (Lipinski definition) is 2. The zero-order valence-electron chi connectivity index (χ0n) is 11.8. The number of amides is 1. The molecule has 0 radical (unpaired) electrons. The third kappa shape index (κ3) is 3.59. The number of likely N-dealkylation sites (N-methyl/N-ethyl adjacent to an activating group) is 1. The Bertz CT molecular complexity index is 461. The average Bonchev–Trinajstić information content (AvgIpc) is 2.39. The molecule has 0 fully saturated rings. The van der Waals surface area contributed by atoms with Gasteiger partial charge in [-0.3, -0.25) is 9.80 Å². The van der Waals surface area contributed by atoms with Gasteiger partial charge in [0.05, 0.1) is 20.3 Å². The SMILES string of the molecule is COc1cc(C)c(CC(N)C(=O)N(C)N)cc1OC. The number of nitrogens with zero attached hydrogens (tertiary/aromatic N) is 1. The summed E-state index contributed by atoms with van der Waals surface area (Å²) in [7, 11) is 4.62. The number of aryl methyl sites for hydroxylation is 1. The second kappa shape index (κ2) is 6.40. The normalized spacial score (nSPS) is 11.9. The van der Waals surface area contributed by atoms with E-state index in [0.717, 1.165) is 16.1 Å². The molecule has 0 spiro atoms. The van der Waals surface area contributed by atoms with Crippen LogP contribution in [0.1, 0.15) is 11.1 Å². The van der Waals surface area contributed by atoms with Gasteiger partial charge >= 0.3 is 0 Å². The molecule has 0 aliphatic rings. The first-order valence-corrected chi connectivity index (χ1v) is 5.90. The summed E-state index contributed by atoms with van der Waals surface area (Å²) in [4.78, 5) is 11.7. The van der Waals surface area contributed by atoms with E-state index in [2.05, 4.69) is 0 Å². The average molecular weight is 267 g/mol. The third-order valence-corrected chi connectivity index (χ3v) is 2.95. The van der Waals surface area contributed by atoms with Crippen molar-refractivity contribution in [3.05, 3.63) is 23.3 Å². The van der Waals surface area contributed by atoms with Crippen LogP contribution in [-0.2, 0) is 11.2 Å². The maximum atomic E-state index is 11.7. The van der Waals surface area contributed by atoms with Crippen LogP contribution in [0.3, 0.4) is 0 Å². The fraction of sp³-hybridized carbons (Fsp3) is 0.462. The zero-order valence-corrected chi connectivity index (χ0v) is 11.8. The number of nitrogens with two attached hydrogens (primary N) is 2. The lowest BCUT2D eigenvalue weighted by Crippen LogP contribution is -2.46. The van der Waals surface area contributed by atoms with Gasteiger partial charge in [0.25, 0.3) is 5.91 Å². The molecular formula is C13H21N3O3. The molecule has 0 aliphatic carbocycles. The minimum absolute atomic E-state index is 0.311. The molecule has 0 saturated heterocycles. The van der Waals surface area contributed by atoms with Crippen molar-refractivity contribution in [3.8, 4) is 11.5 Å². The Labute approximate surface area is 113 Å². The van der Waals surface area contributed by atoms with E-state index >= 15 is 0 Å². The lowest BCUT2D eigenvalue weighted by molar-refractivity contribution is -0.131. The summed E-state index contributed by atoms with van der Waals surface area (Å²) in [5.74, 6) is 6.35. The van der Waals surface area contributed by atoms with E-state index in [4.69, 9.17) is 21.1 Å². The van der Waals surface area contributed by atoms with Gasteiger partial charge in [0.1, 0.15) is 0 Å². The Morgan fingerprint density at radius 3 is 2.32 bits per heavy atom. The van der Waals surface area contributed by atoms with Gasteiger partial charge < -0.3 is 15.2 Å². The number of carbonyl (C=O) groups is 1. The Morgan fingerprint density at radius 2 is 1.84 bits per heavy atom. The van der Waals surface area contributed by atoms with Crippen molar-refractivity contribution in [2.45, 2.75) is 19.4 Å². The Hall–Kier alpha value is -1.79. The topological polar surface area (TPSA) is 90.8 Å². The quantitative estimate of drug-likeness (QED) is 0.452. The van der Waals surface area contributed by atoms with E-state index in [9.17, 15) is 4.79 Å². The van der Waals surface area contributed by atoms with Gasteiger partial charge in [-0.25, -0.2) is 5.84 Å². The summed E-state index contributed by atoms with van der Waals surface area (Å²) in [6.07, 6.45) is 0.395. The van der Waals surface area contributed by atoms with Gasteiger partial charge in [-0.15, -0.1) is 0 Å². The molecular weight excluding hydrogens is 246 g/mol. The van der Waals surface area contributed by atoms with Crippen LogP contribution in [-0.4, -0.2) is 38.2 Å². The monoisotopic (exact) mass is 267 g/mol. The predicted octanol–water partition coefficient (Wildman–Crippen LogP) is 0.214. The first-order chi connectivity index (χ1) is 8.90. The molecule has 1 unspecified atom stereocenters. The highest BCUT2D eigenvalue weighted by atomic mass is 16.5. The van der Waals surface area contributed by atoms with Crippen molar-refractivity contribution in [2.75, 3.05) is 21.3 Å². The van der Waals surface area contributed by atoms with Crippen LogP contribution < -0.4 is 21.1 Å². The lowest BCUT2D eigenvalue weighted by atomic mass is 10.00. The second-order valence-corrected chi connectivity index (χ2v) is 4.39. The van der Waals surface area contributed by atoms with E-state index in [1.54, 1.807) is 14.2 Å². The highest BCUT2D eigenvalue weighted by molar-refractivity contribution is 5.81. The maximum absolute atomic E-state index is 11.7. The number of benzene rings is 1. The summed E-state index contributed by atoms with van der Waals surface area (Å²) < 4.78 is 10.4. The van der Waals surface area contributed by atoms with E-state index in [1.165, 1.54) is 7.05 Å². The standard InChI is InChI=1S/C13H21N3O3/c1-8-5-11(18-3)12(19-4)7-9(8)6-10(14)13(17)16(2)15/h5,7,10H,6,14-15H2,1-4H3. The van der Waals surface area contributed by atoms with Crippen molar-refractivity contribution in [2.24, 2.45) is 11.6 Å². The van der Waals surface area contributed by atoms with E-state index < -0.39 is 6.04 Å². The largest absolute Gasteiger partial charge is 0.493 e. The maximum Gasteiger partial charge on any atom is 0.253 e. The van der Waals surface area contributed by atoms with Crippen molar-refractivity contribution in [1.29, 1.82) is 0 Å². The van der Waals surface area contributed by atoms with Gasteiger partial charge in [0.15, 0.2) is 11.5 Å². The molecule has 0 saturated carbocycles. The Kier molecular flexibility index (Phi) is 5.14. The molecule has 1 aromatic carbocycles. The molecule has 0 heterocycles. The Balaban J connectivity index is 2.98. The molecule has 6 heteroatoms. The number of methoxy groups -OCH3 is 2. The molecule has 19 heavy (non-hydrogen) atoms. The van der Waals surface area contributed by atoms with Crippen LogP contribution in [0.15, 0.2) is 12.1 Å². The summed E-state index contributed by atoms with van der Waals surface area (Å²) in [5.41, 5.74) is 7.76. The van der Waals surface area contributed by atoms with Gasteiger partial charge in [-0.1, -0.05) is 0 Å². The van der Waals surface area contributed by atoms with E-state index in [0.29, 0.717) is 17.9 Å². The smallest absolute Gasteiger partial charge is 0.253 e. The van der Waals surface area contributed by atoms with Crippen molar-refractivity contribution in [3.63, 3.8) is 0 Å². The van der Waals surface area contributed by atoms with E-state index in [1.807, 2.05) is 19.1 Å². The molecule has 1 aromatic rings. The van der Waals surface area contributed by atoms with Crippen molar-refractivity contribution >= 4 is 5.91 Å². The van der Waals surface area contributed by atoms with Crippen LogP contribution in [0.2, 0.25) is 0 Å². The first kappa shape index (κ1) is 15.3. The minimum Gasteiger partial charge on any atom is -0.493 e. The van der Waals surface area contributed by atoms with Crippen LogP contribution >= 0.6 is 0 Å². The fourth-order valence-corrected chi connectivity index (χ4v) is 1.83. The minimum atomic E-state index is -0.674. The molecule has 0 aromatic heterocycles. The number of hydrazine groups is 1. The predicted molar refractivity (Wildman–Crippen MR) is 72.9 cm³/mol. The first-order valence-electron chi connectivity index (χ1n) is 5.90. The zero-order chi connectivity index (χ0) is 14.6. The molecule has 106 valence electrons. The molecule has 4 N–H and O–H groups in total. The third-order valence-electron chi connectivity index (χ3n) is 2.95. The van der Waals surface area contributed by atoms with Crippen LogP contribution in [0, 0.1) is 6.92 Å². The molecule has 1 amide bonds. The number of carbonyl (C=O) groups excluding carboxylic acids is 1. The van der Waals surface area contributed by atoms with Crippen LogP contribution in [0.4, 0.5) is 0 Å². The van der Waals surface area contributed by atoms with Gasteiger partial charge in [-0.2, -0.15) is 0 Å². The molecule has 0 bridgehead atoms. The summed E-state index contributed by atoms with van der Waals surface area (Å²) in [5, 5.41) is 1.00. The van der Waals surface area contributed by atoms with Gasteiger partial charge in [0, 0.05) is 7.05 Å². The summed E-state index contributed by atoms with van der Waals surface area (Å²) in [6.45, 7) is 1.93. The van der Waals surface area contributed by atoms with Crippen LogP contribution in [0.25, 0.3) is 0 Å². The second-order valence-electron chi connectivity index (χ2n) is 4.39. The highest BCUT2D eigenvalue weighted by Crippen LogP contribution is 2.30. The van der Waals surface area contributed by atoms with Crippen molar-refractivity contribution < 1.29 is 14.3 Å². The van der Waals surface area contributed by atoms with Crippen molar-refractivity contribution in [1.82, 2.24) is 5.01 Å². The number of ether oxygens (including phenoxy) is 2. The van der Waals surface area contributed by atoms with Crippen LogP contribution in [0.5, 0.6) is 11.5 Å². The number of rotatable bonds is 5. The molecule has 1 rings (SSSR count). The molecule has 1 atom stereocenters. The molecule has 0 aliphatic heterocycles. The van der Waals surface area contributed by atoms with Gasteiger partial charge in [0.2, 0.25) is 0 Å². The summed E-state index contributed by atoms with van der Waals surface area (Å²) in [6, 6.07) is 3.02. The lowest BCUT2D eigenvalue weighted by Gasteiger charge is -2.18. The molecule has 6 nitrogen and oxygen atoms in total. The van der Waals surface area contributed by atoms with Gasteiger partial charge in [-0.05, 0) is 36.6 Å². The highest BCUT2D eigenvalue weighted by Gasteiger charge is 2.18. The summed E-state index contributed by atoms with van der Waals surface area (Å²) >= 11 is 0. The number of hydrogen-bond acceptors (Lipinski definition) is 5. The van der Waals surface area contributed by atoms with E-state index in [-0.39, 0.29) is 5.91 Å².